The van der Waals surface area contributed by atoms with Crippen LogP contribution in [0, 0.1) is 6.92 Å². The van der Waals surface area contributed by atoms with Gasteiger partial charge in [0, 0.05) is 10.6 Å². The summed E-state index contributed by atoms with van der Waals surface area (Å²) in [5.74, 6) is 1.19. The number of aryl methyl sites for hydroxylation is 1. The summed E-state index contributed by atoms with van der Waals surface area (Å²) in [7, 11) is 0. The summed E-state index contributed by atoms with van der Waals surface area (Å²) in [6.07, 6.45) is 0.793. The second-order valence-electron chi connectivity index (χ2n) is 4.26. The first-order chi connectivity index (χ1) is 10.1. The second kappa shape index (κ2) is 6.95. The van der Waals surface area contributed by atoms with E-state index in [1.807, 2.05) is 31.2 Å². The molecule has 0 saturated heterocycles. The molecule has 110 valence electrons. The maximum Gasteiger partial charge on any atom is 0.427 e. The molecule has 1 aromatic carbocycles. The van der Waals surface area contributed by atoms with Crippen LogP contribution in [0.25, 0.3) is 11.3 Å². The van der Waals surface area contributed by atoms with Crippen LogP contribution < -0.4 is 5.43 Å². The Morgan fingerprint density at radius 3 is 2.95 bits per heavy atom. The molecule has 6 heteroatoms. The first-order valence-electron chi connectivity index (χ1n) is 6.42. The first-order valence-corrected chi connectivity index (χ1v) is 6.80. The van der Waals surface area contributed by atoms with E-state index in [4.69, 9.17) is 16.0 Å². The van der Waals surface area contributed by atoms with Gasteiger partial charge in [-0.1, -0.05) is 23.7 Å². The van der Waals surface area contributed by atoms with Crippen molar-refractivity contribution in [2.75, 3.05) is 6.61 Å². The SMILES string of the molecule is CCOC(=O)N/N=C/c1ccc(-c2ccc(C)c(Cl)c2)o1. The maximum absolute atomic E-state index is 11.0. The average molecular weight is 307 g/mol. The molecule has 1 heterocycles. The van der Waals surface area contributed by atoms with Crippen molar-refractivity contribution in [3.8, 4) is 11.3 Å². The number of carbonyl (C=O) groups is 1. The Kier molecular flexibility index (Phi) is 5.00. The highest BCUT2D eigenvalue weighted by atomic mass is 35.5. The number of hydrogen-bond donors (Lipinski definition) is 1. The van der Waals surface area contributed by atoms with Gasteiger partial charge in [0.05, 0.1) is 12.8 Å². The molecular formula is C15H15ClN2O3. The molecule has 2 aromatic rings. The van der Waals surface area contributed by atoms with Gasteiger partial charge in [-0.2, -0.15) is 5.10 Å². The van der Waals surface area contributed by atoms with Gasteiger partial charge in [-0.3, -0.25) is 0 Å². The number of furan rings is 1. The molecule has 21 heavy (non-hydrogen) atoms. The predicted molar refractivity (Wildman–Crippen MR) is 81.6 cm³/mol. The van der Waals surface area contributed by atoms with E-state index in [1.165, 1.54) is 6.21 Å². The Hall–Kier alpha value is -2.27. The normalized spacial score (nSPS) is 10.8. The molecule has 0 saturated carbocycles. The summed E-state index contributed by atoms with van der Waals surface area (Å²) in [5, 5.41) is 4.41. The minimum Gasteiger partial charge on any atom is -0.455 e. The topological polar surface area (TPSA) is 63.8 Å². The van der Waals surface area contributed by atoms with Crippen LogP contribution in [0.4, 0.5) is 4.79 Å². The molecule has 0 atom stereocenters. The maximum atomic E-state index is 11.0. The van der Waals surface area contributed by atoms with Crippen LogP contribution in [-0.2, 0) is 4.74 Å². The average Bonchev–Trinajstić information content (AvgIpc) is 2.91. The van der Waals surface area contributed by atoms with Gasteiger partial charge in [0.25, 0.3) is 0 Å². The number of hydrogen-bond acceptors (Lipinski definition) is 4. The van der Waals surface area contributed by atoms with Gasteiger partial charge in [-0.25, -0.2) is 10.2 Å². The van der Waals surface area contributed by atoms with Crippen LogP contribution in [0.1, 0.15) is 18.2 Å². The molecule has 0 aliphatic heterocycles. The monoisotopic (exact) mass is 306 g/mol. The Morgan fingerprint density at radius 1 is 1.43 bits per heavy atom. The quantitative estimate of drug-likeness (QED) is 0.686. The zero-order chi connectivity index (χ0) is 15.2. The number of nitrogens with zero attached hydrogens (tertiary/aromatic N) is 1. The zero-order valence-corrected chi connectivity index (χ0v) is 12.5. The molecule has 0 radical (unpaired) electrons. The number of ether oxygens (including phenoxy) is 1. The Morgan fingerprint density at radius 2 is 2.24 bits per heavy atom. The molecule has 1 N–H and O–H groups in total. The summed E-state index contributed by atoms with van der Waals surface area (Å²) >= 11 is 6.09. The molecule has 2 rings (SSSR count). The number of carbonyl (C=O) groups excluding carboxylic acids is 1. The van der Waals surface area contributed by atoms with Gasteiger partial charge >= 0.3 is 6.09 Å². The van der Waals surface area contributed by atoms with E-state index in [0.29, 0.717) is 23.2 Å². The van der Waals surface area contributed by atoms with E-state index in [2.05, 4.69) is 15.3 Å². The van der Waals surface area contributed by atoms with Crippen LogP contribution >= 0.6 is 11.6 Å². The molecule has 5 nitrogen and oxygen atoms in total. The number of amides is 1. The number of benzene rings is 1. The van der Waals surface area contributed by atoms with Crippen molar-refractivity contribution >= 4 is 23.9 Å². The Labute approximate surface area is 127 Å². The van der Waals surface area contributed by atoms with Crippen molar-refractivity contribution in [1.82, 2.24) is 5.43 Å². The number of nitrogens with one attached hydrogen (secondary N) is 1. The molecule has 0 aliphatic carbocycles. The van der Waals surface area contributed by atoms with Gasteiger partial charge in [-0.05, 0) is 37.6 Å². The third-order valence-corrected chi connectivity index (χ3v) is 3.11. The van der Waals surface area contributed by atoms with E-state index in [-0.39, 0.29) is 0 Å². The summed E-state index contributed by atoms with van der Waals surface area (Å²) < 4.78 is 10.3. The van der Waals surface area contributed by atoms with Crippen molar-refractivity contribution in [3.05, 3.63) is 46.7 Å². The van der Waals surface area contributed by atoms with E-state index in [9.17, 15) is 4.79 Å². The minimum absolute atomic E-state index is 0.292. The fourth-order valence-electron chi connectivity index (χ4n) is 1.64. The third-order valence-electron chi connectivity index (χ3n) is 2.71. The van der Waals surface area contributed by atoms with E-state index in [0.717, 1.165) is 11.1 Å². The largest absolute Gasteiger partial charge is 0.455 e. The van der Waals surface area contributed by atoms with Crippen molar-refractivity contribution < 1.29 is 13.9 Å². The predicted octanol–water partition coefficient (Wildman–Crippen LogP) is 3.99. The summed E-state index contributed by atoms with van der Waals surface area (Å²) in [4.78, 5) is 11.0. The summed E-state index contributed by atoms with van der Waals surface area (Å²) in [6, 6.07) is 9.26. The van der Waals surface area contributed by atoms with Crippen molar-refractivity contribution in [2.24, 2.45) is 5.10 Å². The van der Waals surface area contributed by atoms with Crippen molar-refractivity contribution in [1.29, 1.82) is 0 Å². The van der Waals surface area contributed by atoms with E-state index in [1.54, 1.807) is 13.0 Å². The smallest absolute Gasteiger partial charge is 0.427 e. The summed E-state index contributed by atoms with van der Waals surface area (Å²) in [6.45, 7) is 3.95. The minimum atomic E-state index is -0.606. The molecule has 0 unspecified atom stereocenters. The zero-order valence-electron chi connectivity index (χ0n) is 11.7. The summed E-state index contributed by atoms with van der Waals surface area (Å²) in [5.41, 5.74) is 4.11. The molecule has 1 amide bonds. The molecule has 1 aromatic heterocycles. The van der Waals surface area contributed by atoms with E-state index < -0.39 is 6.09 Å². The van der Waals surface area contributed by atoms with Gasteiger partial charge in [0.15, 0.2) is 0 Å². The van der Waals surface area contributed by atoms with Crippen molar-refractivity contribution in [2.45, 2.75) is 13.8 Å². The number of hydrazone groups is 1. The molecular weight excluding hydrogens is 292 g/mol. The molecule has 0 fully saturated rings. The fraction of sp³-hybridized carbons (Fsp3) is 0.200. The Balaban J connectivity index is 2.05. The first kappa shape index (κ1) is 15.1. The van der Waals surface area contributed by atoms with Crippen molar-refractivity contribution in [3.63, 3.8) is 0 Å². The number of rotatable bonds is 4. The molecule has 0 bridgehead atoms. The highest BCUT2D eigenvalue weighted by Gasteiger charge is 2.05. The van der Waals surface area contributed by atoms with Gasteiger partial charge < -0.3 is 9.15 Å². The van der Waals surface area contributed by atoms with Gasteiger partial charge in [-0.15, -0.1) is 0 Å². The lowest BCUT2D eigenvalue weighted by Crippen LogP contribution is -2.18. The van der Waals surface area contributed by atoms with Crippen LogP contribution in [0.15, 0.2) is 39.9 Å². The van der Waals surface area contributed by atoms with Crippen LogP contribution in [0.2, 0.25) is 5.02 Å². The highest BCUT2D eigenvalue weighted by Crippen LogP contribution is 2.26. The lowest BCUT2D eigenvalue weighted by molar-refractivity contribution is 0.152. The van der Waals surface area contributed by atoms with Gasteiger partial charge in [0.2, 0.25) is 0 Å². The van der Waals surface area contributed by atoms with Crippen LogP contribution in [-0.4, -0.2) is 18.9 Å². The lowest BCUT2D eigenvalue weighted by Gasteiger charge is -2.00. The third kappa shape index (κ3) is 4.10. The number of halogens is 1. The van der Waals surface area contributed by atoms with E-state index >= 15 is 0 Å². The standard InChI is InChI=1S/C15H15ClN2O3/c1-3-20-15(19)18-17-9-12-6-7-14(21-12)11-5-4-10(2)13(16)8-11/h4-9H,3H2,1-2H3,(H,18,19)/b17-9+. The fourth-order valence-corrected chi connectivity index (χ4v) is 1.82. The van der Waals surface area contributed by atoms with Crippen LogP contribution in [0.5, 0.6) is 0 Å². The van der Waals surface area contributed by atoms with Crippen LogP contribution in [0.3, 0.4) is 0 Å². The van der Waals surface area contributed by atoms with Gasteiger partial charge in [0.1, 0.15) is 11.5 Å². The second-order valence-corrected chi connectivity index (χ2v) is 4.66. The lowest BCUT2D eigenvalue weighted by atomic mass is 10.1. The molecule has 0 spiro atoms. The Bertz CT molecular complexity index is 665. The molecule has 0 aliphatic rings. The highest BCUT2D eigenvalue weighted by molar-refractivity contribution is 6.31.